The minimum Gasteiger partial charge on any atom is -0.497 e. The van der Waals surface area contributed by atoms with Crippen molar-refractivity contribution in [3.8, 4) is 5.75 Å². The lowest BCUT2D eigenvalue weighted by Gasteiger charge is -2.45. The number of hydrogen-bond acceptors (Lipinski definition) is 3. The largest absolute Gasteiger partial charge is 0.497 e. The molecule has 1 heterocycles. The van der Waals surface area contributed by atoms with Gasteiger partial charge in [-0.25, -0.2) is 0 Å². The summed E-state index contributed by atoms with van der Waals surface area (Å²) in [6.45, 7) is 1.72. The predicted octanol–water partition coefficient (Wildman–Crippen LogP) is 5.67. The van der Waals surface area contributed by atoms with Gasteiger partial charge in [0.2, 0.25) is 5.91 Å². The highest BCUT2D eigenvalue weighted by molar-refractivity contribution is 6.30. The Morgan fingerprint density at radius 3 is 2.29 bits per heavy atom. The zero-order chi connectivity index (χ0) is 21.6. The van der Waals surface area contributed by atoms with Crippen LogP contribution >= 0.6 is 11.6 Å². The third-order valence-corrected chi connectivity index (χ3v) is 7.02. The third kappa shape index (κ3) is 5.61. The second-order valence-electron chi connectivity index (χ2n) is 8.83. The number of carbonyl (C=O) groups excluding carboxylic acids is 1. The van der Waals surface area contributed by atoms with E-state index in [9.17, 15) is 4.79 Å². The molecule has 1 saturated heterocycles. The Labute approximate surface area is 191 Å². The molecule has 4 rings (SSSR count). The van der Waals surface area contributed by atoms with E-state index >= 15 is 0 Å². The van der Waals surface area contributed by atoms with Gasteiger partial charge >= 0.3 is 0 Å². The summed E-state index contributed by atoms with van der Waals surface area (Å²) >= 11 is 6.10. The van der Waals surface area contributed by atoms with Crippen molar-refractivity contribution in [2.75, 3.05) is 13.7 Å². The molecule has 5 heteroatoms. The number of ether oxygens (including phenoxy) is 1. The number of likely N-dealkylation sites (tertiary alicyclic amines) is 1. The summed E-state index contributed by atoms with van der Waals surface area (Å²) in [6.07, 6.45) is 9.20. The fourth-order valence-electron chi connectivity index (χ4n) is 5.10. The number of benzene rings is 2. The zero-order valence-corrected chi connectivity index (χ0v) is 19.2. The monoisotopic (exact) mass is 440 g/mol. The first kappa shape index (κ1) is 22.2. The molecule has 1 unspecified atom stereocenters. The van der Waals surface area contributed by atoms with Crippen LogP contribution in [0.2, 0.25) is 5.02 Å². The number of hydrogen-bond donors (Lipinski definition) is 0. The molecule has 1 aliphatic heterocycles. The van der Waals surface area contributed by atoms with Gasteiger partial charge in [-0.3, -0.25) is 9.69 Å². The van der Waals surface area contributed by atoms with Crippen LogP contribution in [0.3, 0.4) is 0 Å². The van der Waals surface area contributed by atoms with Gasteiger partial charge in [0, 0.05) is 24.2 Å². The van der Waals surface area contributed by atoms with Crippen molar-refractivity contribution in [1.29, 1.82) is 0 Å². The normalized spacial score (nSPS) is 20.0. The summed E-state index contributed by atoms with van der Waals surface area (Å²) in [7, 11) is 1.66. The first-order chi connectivity index (χ1) is 15.1. The maximum Gasteiger partial charge on any atom is 0.228 e. The van der Waals surface area contributed by atoms with Crippen LogP contribution in [0.4, 0.5) is 0 Å². The average molecular weight is 441 g/mol. The van der Waals surface area contributed by atoms with Gasteiger partial charge in [-0.1, -0.05) is 48.7 Å². The topological polar surface area (TPSA) is 32.8 Å². The maximum atomic E-state index is 13.6. The summed E-state index contributed by atoms with van der Waals surface area (Å²) in [4.78, 5) is 18.4. The van der Waals surface area contributed by atoms with E-state index in [0.717, 1.165) is 34.9 Å². The molecular weight excluding hydrogens is 408 g/mol. The first-order valence-electron chi connectivity index (χ1n) is 11.6. The van der Waals surface area contributed by atoms with Crippen molar-refractivity contribution in [3.05, 3.63) is 64.7 Å². The summed E-state index contributed by atoms with van der Waals surface area (Å²) in [5.41, 5.74) is 2.15. The number of carbonyl (C=O) groups is 1. The Morgan fingerprint density at radius 2 is 1.61 bits per heavy atom. The molecule has 0 N–H and O–H groups in total. The van der Waals surface area contributed by atoms with Gasteiger partial charge in [0.1, 0.15) is 5.75 Å². The van der Waals surface area contributed by atoms with Crippen molar-refractivity contribution < 1.29 is 9.53 Å². The van der Waals surface area contributed by atoms with Gasteiger partial charge < -0.3 is 9.64 Å². The lowest BCUT2D eigenvalue weighted by Crippen LogP contribution is -2.56. The van der Waals surface area contributed by atoms with Crippen LogP contribution in [0.1, 0.15) is 56.1 Å². The Bertz CT molecular complexity index is 847. The molecule has 0 radical (unpaired) electrons. The fraction of sp³-hybridized carbons (Fsp3) is 0.500. The second kappa shape index (κ2) is 10.5. The van der Waals surface area contributed by atoms with E-state index in [2.05, 4.69) is 9.80 Å². The summed E-state index contributed by atoms with van der Waals surface area (Å²) in [6, 6.07) is 16.4. The molecule has 1 saturated carbocycles. The summed E-state index contributed by atoms with van der Waals surface area (Å²) < 4.78 is 5.26. The van der Waals surface area contributed by atoms with Crippen molar-refractivity contribution in [3.63, 3.8) is 0 Å². The molecule has 2 fully saturated rings. The summed E-state index contributed by atoms with van der Waals surface area (Å²) in [5.74, 6) is 1.00. The number of rotatable bonds is 7. The number of nitrogens with zero attached hydrogens (tertiary/aromatic N) is 2. The quantitative estimate of drug-likeness (QED) is 0.555. The van der Waals surface area contributed by atoms with Crippen LogP contribution in [0.25, 0.3) is 0 Å². The number of amides is 1. The summed E-state index contributed by atoms with van der Waals surface area (Å²) in [5, 5.41) is 0.727. The van der Waals surface area contributed by atoms with Crippen LogP contribution in [0.15, 0.2) is 48.5 Å². The van der Waals surface area contributed by atoms with E-state index in [-0.39, 0.29) is 12.1 Å². The van der Waals surface area contributed by atoms with E-state index in [4.69, 9.17) is 16.3 Å². The van der Waals surface area contributed by atoms with Gasteiger partial charge in [0.05, 0.1) is 19.7 Å². The average Bonchev–Trinajstić information content (AvgIpc) is 3.34. The van der Waals surface area contributed by atoms with Gasteiger partial charge in [0.25, 0.3) is 0 Å². The zero-order valence-electron chi connectivity index (χ0n) is 18.4. The molecule has 31 heavy (non-hydrogen) atoms. The molecule has 166 valence electrons. The van der Waals surface area contributed by atoms with E-state index in [0.29, 0.717) is 19.0 Å². The van der Waals surface area contributed by atoms with Crippen molar-refractivity contribution in [2.45, 2.75) is 70.1 Å². The molecule has 1 amide bonds. The molecule has 0 aromatic heterocycles. The minimum atomic E-state index is 0.179. The number of methoxy groups -OCH3 is 1. The smallest absolute Gasteiger partial charge is 0.228 e. The number of halogens is 1. The second-order valence-corrected chi connectivity index (χ2v) is 9.26. The molecule has 1 aliphatic carbocycles. The lowest BCUT2D eigenvalue weighted by molar-refractivity contribution is -0.141. The van der Waals surface area contributed by atoms with Crippen LogP contribution in [0.5, 0.6) is 5.75 Å². The molecule has 2 aromatic carbocycles. The van der Waals surface area contributed by atoms with Gasteiger partial charge in [-0.15, -0.1) is 0 Å². The highest BCUT2D eigenvalue weighted by Crippen LogP contribution is 2.32. The van der Waals surface area contributed by atoms with E-state index < -0.39 is 0 Å². The van der Waals surface area contributed by atoms with Crippen LogP contribution < -0.4 is 4.74 Å². The van der Waals surface area contributed by atoms with Crippen LogP contribution in [0, 0.1) is 0 Å². The molecule has 4 nitrogen and oxygen atoms in total. The maximum absolute atomic E-state index is 13.6. The molecule has 0 spiro atoms. The Kier molecular flexibility index (Phi) is 7.52. The van der Waals surface area contributed by atoms with E-state index in [1.165, 1.54) is 38.5 Å². The van der Waals surface area contributed by atoms with Gasteiger partial charge in [-0.2, -0.15) is 0 Å². The minimum absolute atomic E-state index is 0.179. The van der Waals surface area contributed by atoms with Crippen molar-refractivity contribution >= 4 is 17.5 Å². The predicted molar refractivity (Wildman–Crippen MR) is 125 cm³/mol. The van der Waals surface area contributed by atoms with E-state index in [1.54, 1.807) is 7.11 Å². The highest BCUT2D eigenvalue weighted by atomic mass is 35.5. The molecular formula is C26H33ClN2O2. The molecule has 0 bridgehead atoms. The number of piperidine rings is 1. The SMILES string of the molecule is COc1ccc(CC(=O)N(Cc2ccc(Cl)cc2)C2CCCCN2C2CCCC2)cc1. The molecule has 2 aromatic rings. The third-order valence-electron chi connectivity index (χ3n) is 6.77. The Hall–Kier alpha value is -2.04. The van der Waals surface area contributed by atoms with Crippen molar-refractivity contribution in [2.24, 2.45) is 0 Å². The van der Waals surface area contributed by atoms with Crippen molar-refractivity contribution in [1.82, 2.24) is 9.80 Å². The highest BCUT2D eigenvalue weighted by Gasteiger charge is 2.36. The molecule has 1 atom stereocenters. The Balaban J connectivity index is 1.57. The lowest BCUT2D eigenvalue weighted by atomic mass is 10.0. The Morgan fingerprint density at radius 1 is 0.968 bits per heavy atom. The van der Waals surface area contributed by atoms with Crippen LogP contribution in [-0.2, 0) is 17.8 Å². The molecule has 2 aliphatic rings. The first-order valence-corrected chi connectivity index (χ1v) is 11.9. The fourth-order valence-corrected chi connectivity index (χ4v) is 5.22. The van der Waals surface area contributed by atoms with E-state index in [1.807, 2.05) is 48.5 Å². The standard InChI is InChI=1S/C26H33ClN2O2/c1-31-24-15-11-20(12-16-24)18-26(30)29(19-21-9-13-22(27)14-10-21)25-8-4-5-17-28(25)23-6-2-3-7-23/h9-16,23,25H,2-8,17-19H2,1H3. The van der Waals surface area contributed by atoms with Gasteiger partial charge in [0.15, 0.2) is 0 Å². The van der Waals surface area contributed by atoms with Gasteiger partial charge in [-0.05, 0) is 67.5 Å². The van der Waals surface area contributed by atoms with Crippen LogP contribution in [-0.4, -0.2) is 41.6 Å².